The van der Waals surface area contributed by atoms with Crippen LogP contribution in [0.2, 0.25) is 0 Å². The van der Waals surface area contributed by atoms with Crippen LogP contribution in [0.25, 0.3) is 0 Å². The zero-order valence-electron chi connectivity index (χ0n) is 24.2. The van der Waals surface area contributed by atoms with Crippen LogP contribution in [-0.4, -0.2) is 86.0 Å². The van der Waals surface area contributed by atoms with Gasteiger partial charge in [-0.3, -0.25) is 9.05 Å². The van der Waals surface area contributed by atoms with E-state index >= 15 is 0 Å². The average Bonchev–Trinajstić information content (AvgIpc) is 2.94. The lowest BCUT2D eigenvalue weighted by molar-refractivity contribution is -0.141. The largest absolute Gasteiger partial charge is 0.508 e. The van der Waals surface area contributed by atoms with Gasteiger partial charge in [-0.15, -0.1) is 4.76 Å². The molecule has 14 nitrogen and oxygen atoms in total. The van der Waals surface area contributed by atoms with Crippen molar-refractivity contribution in [2.45, 2.75) is 109 Å². The first kappa shape index (κ1) is 34.6. The number of carbonyl (C=O) groups is 3. The molecule has 0 aliphatic heterocycles. The summed E-state index contributed by atoms with van der Waals surface area (Å²) >= 11 is 0. The van der Waals surface area contributed by atoms with Crippen molar-refractivity contribution in [2.24, 2.45) is 10.5 Å². The molecule has 0 heterocycles. The molecule has 0 saturated heterocycles. The quantitative estimate of drug-likeness (QED) is 0.0786. The number of nitrogens with zero attached hydrogens (tertiary/aromatic N) is 2. The Bertz CT molecular complexity index is 848. The van der Waals surface area contributed by atoms with Crippen molar-refractivity contribution in [3.63, 3.8) is 0 Å². The lowest BCUT2D eigenvalue weighted by atomic mass is 9.98. The van der Waals surface area contributed by atoms with Gasteiger partial charge in [-0.25, -0.2) is 18.9 Å². The van der Waals surface area contributed by atoms with Crippen LogP contribution < -0.4 is 5.73 Å². The summed E-state index contributed by atoms with van der Waals surface area (Å²) in [5.74, 6) is -1.50. The number of guanidine groups is 1. The number of nitrogens with two attached hydrogens (primary N) is 1. The highest BCUT2D eigenvalue weighted by molar-refractivity contribution is 7.52. The number of carboxylic acids is 1. The van der Waals surface area contributed by atoms with Crippen molar-refractivity contribution in [3.8, 4) is 0 Å². The fourth-order valence-corrected chi connectivity index (χ4v) is 5.78. The first-order chi connectivity index (χ1) is 19.6. The third-order valence-electron chi connectivity index (χ3n) is 6.92. The second-order valence-electron chi connectivity index (χ2n) is 10.2. The van der Waals surface area contributed by atoms with Gasteiger partial charge in [0.2, 0.25) is 5.96 Å². The van der Waals surface area contributed by atoms with Gasteiger partial charge in [0.25, 0.3) is 0 Å². The molecule has 2 fully saturated rings. The molecule has 2 aliphatic rings. The van der Waals surface area contributed by atoms with Crippen LogP contribution in [0, 0.1) is 0 Å². The summed E-state index contributed by atoms with van der Waals surface area (Å²) in [4.78, 5) is 36.9. The number of carboxylic acid groups (broad SMARTS) is 1. The Morgan fingerprint density at radius 1 is 0.878 bits per heavy atom. The van der Waals surface area contributed by atoms with Crippen molar-refractivity contribution in [1.29, 1.82) is 0 Å². The van der Waals surface area contributed by atoms with E-state index in [0.29, 0.717) is 12.8 Å². The maximum atomic E-state index is 13.4. The second-order valence-corrected chi connectivity index (χ2v) is 11.8. The molecule has 15 heteroatoms. The molecule has 0 radical (unpaired) electrons. The summed E-state index contributed by atoms with van der Waals surface area (Å²) < 4.78 is 48.5. The Balaban J connectivity index is 1.93. The molecule has 0 amide bonds. The van der Waals surface area contributed by atoms with E-state index in [1.54, 1.807) is 0 Å². The number of aliphatic carboxylic acids is 1. The molecular formula is C26H46N3O11P. The minimum absolute atomic E-state index is 0.189. The van der Waals surface area contributed by atoms with E-state index < -0.39 is 32.1 Å². The van der Waals surface area contributed by atoms with E-state index in [0.717, 1.165) is 70.6 Å². The predicted octanol–water partition coefficient (Wildman–Crippen LogP) is 4.99. The molecule has 0 aromatic heterocycles. The highest BCUT2D eigenvalue weighted by atomic mass is 31.2. The third kappa shape index (κ3) is 13.8. The average molecular weight is 608 g/mol. The Morgan fingerprint density at radius 3 is 1.76 bits per heavy atom. The number of unbranched alkanes of at least 4 members (excludes halogenated alkanes) is 1. The van der Waals surface area contributed by atoms with Gasteiger partial charge in [-0.1, -0.05) is 32.6 Å². The number of ether oxygens (including phenoxy) is 4. The molecule has 1 unspecified atom stereocenters. The Labute approximate surface area is 241 Å². The standard InChI is InChI=1S/C26H46N3O11P/c1-3-4-15-22(23(30)31)29(2)24(27)28-41(34,37-18-16-35-25(32)39-20-11-7-5-8-12-20)38-19-17-36-26(33)40-21-13-9-6-10-14-21/h20-22H,3-19H2,1-2H3,(H,30,31)(H2,27,28,34). The van der Waals surface area contributed by atoms with Gasteiger partial charge in [0.15, 0.2) is 0 Å². The molecule has 0 spiro atoms. The van der Waals surface area contributed by atoms with Crippen molar-refractivity contribution < 1.29 is 52.1 Å². The first-order valence-corrected chi connectivity index (χ1v) is 16.0. The molecule has 0 bridgehead atoms. The van der Waals surface area contributed by atoms with Gasteiger partial charge in [0.05, 0.1) is 13.2 Å². The summed E-state index contributed by atoms with van der Waals surface area (Å²) in [5, 5.41) is 9.60. The smallest absolute Gasteiger partial charge is 0.480 e. The van der Waals surface area contributed by atoms with Gasteiger partial charge >= 0.3 is 26.0 Å². The van der Waals surface area contributed by atoms with Crippen LogP contribution in [0.3, 0.4) is 0 Å². The van der Waals surface area contributed by atoms with Gasteiger partial charge in [0.1, 0.15) is 31.5 Å². The molecule has 2 saturated carbocycles. The maximum Gasteiger partial charge on any atom is 0.508 e. The fourth-order valence-electron chi connectivity index (χ4n) is 4.59. The van der Waals surface area contributed by atoms with Crippen molar-refractivity contribution in [1.82, 2.24) is 4.90 Å². The Hall–Kier alpha value is -2.57. The highest BCUT2D eigenvalue weighted by Crippen LogP contribution is 2.50. The molecule has 1 atom stereocenters. The summed E-state index contributed by atoms with van der Waals surface area (Å²) in [5.41, 5.74) is 6.00. The molecular weight excluding hydrogens is 561 g/mol. The summed E-state index contributed by atoms with van der Waals surface area (Å²) in [6.07, 6.45) is 8.87. The van der Waals surface area contributed by atoms with Crippen molar-refractivity contribution in [3.05, 3.63) is 0 Å². The SMILES string of the molecule is CCCCC(C(=O)O)N(C)C(N)=NP(=O)(OCCOC(=O)OC1CCCCC1)OCCOC(=O)OC1CCCCC1. The summed E-state index contributed by atoms with van der Waals surface area (Å²) in [7, 11) is -2.94. The highest BCUT2D eigenvalue weighted by Gasteiger charge is 2.30. The van der Waals surface area contributed by atoms with Gasteiger partial charge in [-0.2, -0.15) is 0 Å². The van der Waals surface area contributed by atoms with E-state index in [9.17, 15) is 24.1 Å². The molecule has 3 N–H and O–H groups in total. The van der Waals surface area contributed by atoms with E-state index in [1.807, 2.05) is 6.92 Å². The molecule has 0 aromatic carbocycles. The van der Waals surface area contributed by atoms with Gasteiger partial charge < -0.3 is 34.7 Å². The Morgan fingerprint density at radius 2 is 1.34 bits per heavy atom. The van der Waals surface area contributed by atoms with E-state index in [1.165, 1.54) is 11.9 Å². The van der Waals surface area contributed by atoms with E-state index in [4.69, 9.17) is 33.7 Å². The normalized spacial score (nSPS) is 17.9. The first-order valence-electron chi connectivity index (χ1n) is 14.5. The lowest BCUT2D eigenvalue weighted by Gasteiger charge is -2.26. The molecule has 2 rings (SSSR count). The van der Waals surface area contributed by atoms with Crippen LogP contribution in [0.5, 0.6) is 0 Å². The maximum absolute atomic E-state index is 13.4. The minimum Gasteiger partial charge on any atom is -0.480 e. The van der Waals surface area contributed by atoms with Crippen molar-refractivity contribution >= 4 is 32.0 Å². The zero-order valence-corrected chi connectivity index (χ0v) is 25.1. The monoisotopic (exact) mass is 607 g/mol. The molecule has 236 valence electrons. The number of carbonyl (C=O) groups excluding carboxylic acids is 2. The topological polar surface area (TPSA) is 186 Å². The molecule has 41 heavy (non-hydrogen) atoms. The van der Waals surface area contributed by atoms with E-state index in [2.05, 4.69) is 4.76 Å². The summed E-state index contributed by atoms with van der Waals surface area (Å²) in [6, 6.07) is -1.01. The number of likely N-dealkylation sites (N-methyl/N-ethyl adjacent to an activating group) is 1. The minimum atomic E-state index is -4.35. The van der Waals surface area contributed by atoms with Crippen LogP contribution in [-0.2, 0) is 37.4 Å². The number of hydrogen-bond acceptors (Lipinski definition) is 10. The van der Waals surface area contributed by atoms with Crippen LogP contribution in [0.4, 0.5) is 9.59 Å². The number of hydrogen-bond donors (Lipinski definition) is 2. The van der Waals surface area contributed by atoms with Gasteiger partial charge in [0, 0.05) is 7.05 Å². The molecule has 2 aliphatic carbocycles. The predicted molar refractivity (Wildman–Crippen MR) is 148 cm³/mol. The molecule has 0 aromatic rings. The van der Waals surface area contributed by atoms with Gasteiger partial charge in [-0.05, 0) is 57.8 Å². The third-order valence-corrected chi connectivity index (χ3v) is 8.38. The second kappa shape index (κ2) is 18.8. The summed E-state index contributed by atoms with van der Waals surface area (Å²) in [6.45, 7) is 0.568. The number of rotatable bonds is 16. The Kier molecular flexibility index (Phi) is 15.9. The van der Waals surface area contributed by atoms with E-state index in [-0.39, 0.29) is 44.6 Å². The van der Waals surface area contributed by atoms with Crippen molar-refractivity contribution in [2.75, 3.05) is 33.5 Å². The lowest BCUT2D eigenvalue weighted by Crippen LogP contribution is -2.46. The van der Waals surface area contributed by atoms with Crippen LogP contribution >= 0.6 is 7.75 Å². The fraction of sp³-hybridized carbons (Fsp3) is 0.846. The van der Waals surface area contributed by atoms with Crippen LogP contribution in [0.15, 0.2) is 4.76 Å². The zero-order chi connectivity index (χ0) is 30.1. The van der Waals surface area contributed by atoms with Crippen LogP contribution in [0.1, 0.15) is 90.4 Å².